The number of imidazole rings is 1. The highest BCUT2D eigenvalue weighted by Crippen LogP contribution is 2.32. The predicted octanol–water partition coefficient (Wildman–Crippen LogP) is 4.91. The summed E-state index contributed by atoms with van der Waals surface area (Å²) in [5, 5.41) is 3.07. The zero-order valence-electron chi connectivity index (χ0n) is 20.6. The van der Waals surface area contributed by atoms with Gasteiger partial charge in [0.2, 0.25) is 5.96 Å². The Bertz CT molecular complexity index is 1400. The number of hydrogen-bond acceptors (Lipinski definition) is 4. The van der Waals surface area contributed by atoms with Gasteiger partial charge in [-0.1, -0.05) is 6.07 Å². The van der Waals surface area contributed by atoms with Crippen molar-refractivity contribution in [1.82, 2.24) is 19.8 Å². The number of guanidine groups is 1. The smallest absolute Gasteiger partial charge is 0.277 e. The Morgan fingerprint density at radius 2 is 1.95 bits per heavy atom. The van der Waals surface area contributed by atoms with Gasteiger partial charge in [0.15, 0.2) is 17.5 Å². The maximum atomic E-state index is 13.9. The molecule has 37 heavy (non-hydrogen) atoms. The largest absolute Gasteiger partial charge is 0.495 e. The minimum Gasteiger partial charge on any atom is -0.495 e. The molecule has 2 aliphatic rings. The highest BCUT2D eigenvalue weighted by Gasteiger charge is 2.37. The van der Waals surface area contributed by atoms with Crippen LogP contribution in [-0.4, -0.2) is 40.0 Å². The van der Waals surface area contributed by atoms with E-state index >= 15 is 0 Å². The van der Waals surface area contributed by atoms with E-state index in [4.69, 9.17) is 4.74 Å². The van der Waals surface area contributed by atoms with Gasteiger partial charge in [-0.15, -0.1) is 0 Å². The summed E-state index contributed by atoms with van der Waals surface area (Å²) >= 11 is 0. The number of nitrogens with zero attached hydrogens (tertiary/aromatic N) is 4. The second kappa shape index (κ2) is 9.76. The van der Waals surface area contributed by atoms with Crippen LogP contribution in [0.25, 0.3) is 11.8 Å². The van der Waals surface area contributed by atoms with E-state index in [0.717, 1.165) is 36.4 Å². The van der Waals surface area contributed by atoms with Crippen molar-refractivity contribution in [2.24, 2.45) is 10.9 Å². The van der Waals surface area contributed by atoms with Gasteiger partial charge in [-0.05, 0) is 74.1 Å². The van der Waals surface area contributed by atoms with Gasteiger partial charge in [0.25, 0.3) is 5.91 Å². The molecule has 1 saturated heterocycles. The van der Waals surface area contributed by atoms with Crippen molar-refractivity contribution in [2.75, 3.05) is 13.7 Å². The molecular weight excluding hydrogens is 483 g/mol. The fraction of sp³-hybridized carbons (Fsp3) is 0.296. The lowest BCUT2D eigenvalue weighted by Gasteiger charge is -2.24. The number of carbonyl (C=O) groups is 1. The molecule has 0 spiro atoms. The van der Waals surface area contributed by atoms with Crippen LogP contribution in [0.1, 0.15) is 42.6 Å². The average molecular weight is 510 g/mol. The summed E-state index contributed by atoms with van der Waals surface area (Å²) in [5.41, 5.74) is 2.72. The van der Waals surface area contributed by atoms with Gasteiger partial charge in [-0.25, -0.2) is 18.2 Å². The number of amides is 1. The summed E-state index contributed by atoms with van der Waals surface area (Å²) in [6.45, 7) is 4.04. The van der Waals surface area contributed by atoms with Crippen LogP contribution < -0.4 is 10.1 Å². The zero-order chi connectivity index (χ0) is 26.3. The highest BCUT2D eigenvalue weighted by molar-refractivity contribution is 6.15. The fourth-order valence-corrected chi connectivity index (χ4v) is 4.23. The summed E-state index contributed by atoms with van der Waals surface area (Å²) in [7, 11) is 1.56. The molecule has 1 aromatic heterocycles. The Balaban J connectivity index is 1.48. The monoisotopic (exact) mass is 509 g/mol. The minimum absolute atomic E-state index is 0.119. The van der Waals surface area contributed by atoms with E-state index in [0.29, 0.717) is 29.7 Å². The van der Waals surface area contributed by atoms with Crippen molar-refractivity contribution >= 4 is 17.9 Å². The summed E-state index contributed by atoms with van der Waals surface area (Å²) < 4.78 is 48.8. The Morgan fingerprint density at radius 1 is 1.22 bits per heavy atom. The Hall–Kier alpha value is -4.08. The van der Waals surface area contributed by atoms with E-state index in [2.05, 4.69) is 15.3 Å². The third kappa shape index (κ3) is 4.96. The van der Waals surface area contributed by atoms with Gasteiger partial charge in [-0.3, -0.25) is 14.7 Å². The first-order chi connectivity index (χ1) is 17.7. The molecule has 0 radical (unpaired) electrons. The van der Waals surface area contributed by atoms with E-state index in [9.17, 15) is 18.0 Å². The number of halogens is 3. The van der Waals surface area contributed by atoms with Crippen LogP contribution in [0.2, 0.25) is 0 Å². The van der Waals surface area contributed by atoms with Crippen LogP contribution >= 0.6 is 0 Å². The molecule has 1 aliphatic carbocycles. The molecule has 0 bridgehead atoms. The summed E-state index contributed by atoms with van der Waals surface area (Å²) in [5.74, 6) is -3.25. The molecule has 1 N–H and O–H groups in total. The molecule has 1 unspecified atom stereocenters. The normalized spacial score (nSPS) is 18.5. The van der Waals surface area contributed by atoms with Crippen molar-refractivity contribution < 1.29 is 22.7 Å². The van der Waals surface area contributed by atoms with Crippen LogP contribution in [0.15, 0.2) is 53.5 Å². The minimum atomic E-state index is -1.55. The quantitative estimate of drug-likeness (QED) is 0.363. The van der Waals surface area contributed by atoms with E-state index in [1.807, 2.05) is 29.8 Å². The van der Waals surface area contributed by atoms with Crippen molar-refractivity contribution in [3.63, 3.8) is 0 Å². The molecule has 2 fully saturated rings. The number of hydrogen-bond donors (Lipinski definition) is 1. The van der Waals surface area contributed by atoms with Crippen molar-refractivity contribution in [3.05, 3.63) is 82.8 Å². The fourth-order valence-electron chi connectivity index (χ4n) is 4.23. The van der Waals surface area contributed by atoms with Gasteiger partial charge in [-0.2, -0.15) is 0 Å². The molecule has 1 amide bonds. The van der Waals surface area contributed by atoms with Crippen LogP contribution in [-0.2, 0) is 4.79 Å². The molecule has 192 valence electrons. The van der Waals surface area contributed by atoms with Crippen LogP contribution in [0.3, 0.4) is 0 Å². The lowest BCUT2D eigenvalue weighted by Crippen LogP contribution is -2.35. The lowest BCUT2D eigenvalue weighted by molar-refractivity contribution is -0.123. The van der Waals surface area contributed by atoms with Crippen molar-refractivity contribution in [3.8, 4) is 11.4 Å². The maximum Gasteiger partial charge on any atom is 0.277 e. The maximum absolute atomic E-state index is 13.9. The number of carbonyl (C=O) groups excluding carboxylic acids is 1. The highest BCUT2D eigenvalue weighted by atomic mass is 19.2. The molecular formula is C27H26F3N5O2. The van der Waals surface area contributed by atoms with Crippen LogP contribution in [0, 0.1) is 30.3 Å². The molecule has 1 aliphatic heterocycles. The summed E-state index contributed by atoms with van der Waals surface area (Å²) in [4.78, 5) is 23.7. The van der Waals surface area contributed by atoms with Crippen LogP contribution in [0.5, 0.6) is 5.75 Å². The van der Waals surface area contributed by atoms with Gasteiger partial charge in [0, 0.05) is 12.7 Å². The molecule has 10 heteroatoms. The topological polar surface area (TPSA) is 71.8 Å². The van der Waals surface area contributed by atoms with Gasteiger partial charge in [0.1, 0.15) is 11.4 Å². The van der Waals surface area contributed by atoms with E-state index in [-0.39, 0.29) is 11.3 Å². The number of benzene rings is 2. The first-order valence-corrected chi connectivity index (χ1v) is 12.0. The zero-order valence-corrected chi connectivity index (χ0v) is 20.6. The Morgan fingerprint density at radius 3 is 2.57 bits per heavy atom. The van der Waals surface area contributed by atoms with E-state index < -0.39 is 29.4 Å². The average Bonchev–Trinajstić information content (AvgIpc) is 3.54. The Labute approximate surface area is 212 Å². The molecule has 2 aromatic carbocycles. The van der Waals surface area contributed by atoms with Crippen molar-refractivity contribution in [2.45, 2.75) is 32.7 Å². The van der Waals surface area contributed by atoms with Crippen molar-refractivity contribution in [1.29, 1.82) is 0 Å². The second-order valence-corrected chi connectivity index (χ2v) is 9.29. The molecule has 1 atom stereocenters. The number of rotatable bonds is 7. The van der Waals surface area contributed by atoms with E-state index in [1.165, 1.54) is 4.90 Å². The number of aromatic nitrogens is 2. The molecule has 7 nitrogen and oxygen atoms in total. The Kier molecular flexibility index (Phi) is 6.49. The number of nitrogens with one attached hydrogen (secondary N) is 1. The third-order valence-electron chi connectivity index (χ3n) is 6.50. The van der Waals surface area contributed by atoms with Crippen LogP contribution in [0.4, 0.5) is 13.2 Å². The summed E-state index contributed by atoms with van der Waals surface area (Å²) in [6, 6.07) is 6.50. The second-order valence-electron chi connectivity index (χ2n) is 9.29. The number of methoxy groups -OCH3 is 1. The molecule has 1 saturated carbocycles. The molecule has 5 rings (SSSR count). The van der Waals surface area contributed by atoms with Gasteiger partial charge < -0.3 is 14.6 Å². The number of ether oxygens (including phenoxy) is 1. The van der Waals surface area contributed by atoms with E-state index in [1.54, 1.807) is 32.5 Å². The number of aliphatic imine (C=N–C) groups is 1. The first kappa shape index (κ1) is 24.6. The molecule has 3 aromatic rings. The predicted molar refractivity (Wildman–Crippen MR) is 133 cm³/mol. The standard InChI is InChI=1S/C27H26F3N5O2/c1-15-13-34(14-32-15)23-7-6-18(9-24(23)37-3)8-22-26(36)35(27(33-22)31-12-17-4-5-17)16(2)19-10-20(28)25(30)21(29)11-19/h6-11,13-14,16-17H,4-5,12H2,1-3H3,(H,31,33)/b22-8-. The SMILES string of the molecule is COc1cc(/C=C2\N/C(=N\CC3CC3)N(C(C)c3cc(F)c(F)c(F)c3)C2=O)ccc1-n1cnc(C)c1. The number of aryl methyl sites for hydroxylation is 1. The van der Waals surface area contributed by atoms with Gasteiger partial charge in [0.05, 0.1) is 30.9 Å². The third-order valence-corrected chi connectivity index (χ3v) is 6.50. The molecule has 2 heterocycles. The lowest BCUT2D eigenvalue weighted by atomic mass is 10.1. The summed E-state index contributed by atoms with van der Waals surface area (Å²) in [6.07, 6.45) is 7.37. The first-order valence-electron chi connectivity index (χ1n) is 12.0. The van der Waals surface area contributed by atoms with Gasteiger partial charge >= 0.3 is 0 Å².